The maximum absolute atomic E-state index is 12.7. The van der Waals surface area contributed by atoms with Crippen LogP contribution >= 0.6 is 0 Å². The Labute approximate surface area is 148 Å². The van der Waals surface area contributed by atoms with Crippen LogP contribution in [0.3, 0.4) is 0 Å². The third-order valence-electron chi connectivity index (χ3n) is 3.98. The summed E-state index contributed by atoms with van der Waals surface area (Å²) in [5.74, 6) is 0.605. The van der Waals surface area contributed by atoms with Crippen molar-refractivity contribution in [2.75, 3.05) is 28.6 Å². The molecule has 138 valence electrons. The van der Waals surface area contributed by atoms with Crippen molar-refractivity contribution in [3.63, 3.8) is 0 Å². The normalized spacial score (nSPS) is 14.8. The number of hydrogen-bond acceptors (Lipinski definition) is 4. The highest BCUT2D eigenvalue weighted by Crippen LogP contribution is 2.30. The van der Waals surface area contributed by atoms with Crippen LogP contribution in [0.2, 0.25) is 0 Å². The van der Waals surface area contributed by atoms with E-state index in [2.05, 4.69) is 25.5 Å². The Morgan fingerprint density at radius 2 is 1.65 bits per heavy atom. The van der Waals surface area contributed by atoms with E-state index in [-0.39, 0.29) is 5.69 Å². The molecule has 9 heteroatoms. The van der Waals surface area contributed by atoms with Gasteiger partial charge in [0.25, 0.3) is 0 Å². The maximum Gasteiger partial charge on any atom is 0.416 e. The molecule has 26 heavy (non-hydrogen) atoms. The Morgan fingerprint density at radius 1 is 1.00 bits per heavy atom. The number of rotatable bonds is 3. The van der Waals surface area contributed by atoms with Crippen LogP contribution < -0.4 is 15.5 Å². The Kier molecular flexibility index (Phi) is 5.24. The summed E-state index contributed by atoms with van der Waals surface area (Å²) in [4.78, 5) is 22.5. The van der Waals surface area contributed by atoms with Gasteiger partial charge in [-0.1, -0.05) is 6.07 Å². The lowest BCUT2D eigenvalue weighted by molar-refractivity contribution is -0.137. The molecular weight excluding hydrogens is 347 g/mol. The predicted molar refractivity (Wildman–Crippen MR) is 92.2 cm³/mol. The lowest BCUT2D eigenvalue weighted by atomic mass is 10.1. The van der Waals surface area contributed by atoms with Gasteiger partial charge in [-0.15, -0.1) is 0 Å². The number of carbonyl (C=O) groups excluding carboxylic acids is 1. The molecule has 0 aliphatic carbocycles. The molecule has 1 aliphatic heterocycles. The molecule has 0 bridgehead atoms. The number of hydrogen-bond donors (Lipinski definition) is 2. The molecule has 1 aromatic carbocycles. The van der Waals surface area contributed by atoms with Crippen LogP contribution in [0.15, 0.2) is 36.7 Å². The van der Waals surface area contributed by atoms with E-state index >= 15 is 0 Å². The molecule has 1 aliphatic rings. The average Bonchev–Trinajstić information content (AvgIpc) is 2.62. The second-order valence-electron chi connectivity index (χ2n) is 5.98. The summed E-state index contributed by atoms with van der Waals surface area (Å²) in [6, 6.07) is 3.75. The van der Waals surface area contributed by atoms with Crippen LogP contribution in [-0.2, 0) is 6.18 Å². The van der Waals surface area contributed by atoms with Crippen molar-refractivity contribution in [2.45, 2.75) is 25.4 Å². The van der Waals surface area contributed by atoms with Crippen molar-refractivity contribution >= 4 is 23.4 Å². The van der Waals surface area contributed by atoms with Crippen molar-refractivity contribution in [1.82, 2.24) is 9.97 Å². The van der Waals surface area contributed by atoms with Crippen LogP contribution in [0.25, 0.3) is 0 Å². The zero-order valence-electron chi connectivity index (χ0n) is 13.9. The zero-order valence-corrected chi connectivity index (χ0v) is 13.9. The zero-order chi connectivity index (χ0) is 18.6. The number of alkyl halides is 3. The van der Waals surface area contributed by atoms with Crippen LogP contribution in [0.1, 0.15) is 24.8 Å². The fourth-order valence-electron chi connectivity index (χ4n) is 2.71. The van der Waals surface area contributed by atoms with Gasteiger partial charge >= 0.3 is 12.2 Å². The van der Waals surface area contributed by atoms with E-state index in [0.29, 0.717) is 11.6 Å². The van der Waals surface area contributed by atoms with Gasteiger partial charge in [-0.2, -0.15) is 13.2 Å². The molecule has 1 fully saturated rings. The van der Waals surface area contributed by atoms with E-state index in [1.54, 1.807) is 0 Å². The smallest absolute Gasteiger partial charge is 0.341 e. The molecule has 3 rings (SSSR count). The SMILES string of the molecule is O=C(Nc1cnc(N2CCCCC2)nc1)Nc1cccc(C(F)(F)F)c1. The fraction of sp³-hybridized carbons (Fsp3) is 0.353. The molecule has 0 spiro atoms. The molecule has 6 nitrogen and oxygen atoms in total. The third-order valence-corrected chi connectivity index (χ3v) is 3.98. The van der Waals surface area contributed by atoms with E-state index in [1.165, 1.54) is 30.9 Å². The highest BCUT2D eigenvalue weighted by Gasteiger charge is 2.30. The van der Waals surface area contributed by atoms with Gasteiger partial charge in [0.15, 0.2) is 0 Å². The van der Waals surface area contributed by atoms with Crippen LogP contribution in [0, 0.1) is 0 Å². The molecule has 2 heterocycles. The summed E-state index contributed by atoms with van der Waals surface area (Å²) in [6.45, 7) is 1.81. The van der Waals surface area contributed by atoms with Gasteiger partial charge in [0.2, 0.25) is 5.95 Å². The van der Waals surface area contributed by atoms with Crippen LogP contribution in [0.4, 0.5) is 35.3 Å². The summed E-state index contributed by atoms with van der Waals surface area (Å²) in [7, 11) is 0. The Bertz CT molecular complexity index is 758. The molecule has 0 atom stereocenters. The summed E-state index contributed by atoms with van der Waals surface area (Å²) in [6.07, 6.45) is 1.88. The van der Waals surface area contributed by atoms with E-state index in [9.17, 15) is 18.0 Å². The number of nitrogens with zero attached hydrogens (tertiary/aromatic N) is 3. The highest BCUT2D eigenvalue weighted by atomic mass is 19.4. The Hall–Kier alpha value is -2.84. The summed E-state index contributed by atoms with van der Waals surface area (Å²) in [5.41, 5.74) is -0.428. The molecule has 1 aromatic heterocycles. The third kappa shape index (κ3) is 4.62. The Balaban J connectivity index is 1.59. The average molecular weight is 365 g/mol. The molecular formula is C17H18F3N5O. The largest absolute Gasteiger partial charge is 0.416 e. The van der Waals surface area contributed by atoms with E-state index in [0.717, 1.165) is 38.1 Å². The molecule has 2 N–H and O–H groups in total. The first-order valence-electron chi connectivity index (χ1n) is 8.24. The first kappa shape index (κ1) is 18.0. The number of piperidine rings is 1. The quantitative estimate of drug-likeness (QED) is 0.858. The van der Waals surface area contributed by atoms with Crippen LogP contribution in [0.5, 0.6) is 0 Å². The predicted octanol–water partition coefficient (Wildman–Crippen LogP) is 4.13. The number of benzene rings is 1. The van der Waals surface area contributed by atoms with Gasteiger partial charge in [-0.3, -0.25) is 0 Å². The second-order valence-corrected chi connectivity index (χ2v) is 5.98. The van der Waals surface area contributed by atoms with E-state index in [1.807, 2.05) is 0 Å². The standard InChI is InChI=1S/C17H18F3N5O/c18-17(19,20)12-5-4-6-13(9-12)23-16(26)24-14-10-21-15(22-11-14)25-7-2-1-3-8-25/h4-6,9-11H,1-3,7-8H2,(H2,23,24,26). The fourth-order valence-corrected chi connectivity index (χ4v) is 2.71. The summed E-state index contributed by atoms with van der Waals surface area (Å²) >= 11 is 0. The monoisotopic (exact) mass is 365 g/mol. The van der Waals surface area contributed by atoms with Gasteiger partial charge in [-0.05, 0) is 37.5 Å². The molecule has 0 unspecified atom stereocenters. The van der Waals surface area contributed by atoms with Gasteiger partial charge in [0.1, 0.15) is 0 Å². The van der Waals surface area contributed by atoms with Crippen molar-refractivity contribution in [1.29, 1.82) is 0 Å². The number of urea groups is 1. The summed E-state index contributed by atoms with van der Waals surface area (Å²) in [5, 5.41) is 4.87. The minimum atomic E-state index is -4.47. The first-order chi connectivity index (χ1) is 12.4. The number of nitrogens with one attached hydrogen (secondary N) is 2. The van der Waals surface area contributed by atoms with Crippen molar-refractivity contribution < 1.29 is 18.0 Å². The Morgan fingerprint density at radius 3 is 2.31 bits per heavy atom. The number of halogens is 3. The number of amides is 2. The molecule has 2 amide bonds. The molecule has 1 saturated heterocycles. The molecule has 0 saturated carbocycles. The number of carbonyl (C=O) groups is 1. The number of aromatic nitrogens is 2. The first-order valence-corrected chi connectivity index (χ1v) is 8.24. The lowest BCUT2D eigenvalue weighted by Crippen LogP contribution is -2.31. The lowest BCUT2D eigenvalue weighted by Gasteiger charge is -2.26. The van der Waals surface area contributed by atoms with E-state index < -0.39 is 17.8 Å². The van der Waals surface area contributed by atoms with Crippen molar-refractivity contribution in [3.05, 3.63) is 42.2 Å². The number of anilines is 3. The van der Waals surface area contributed by atoms with Crippen molar-refractivity contribution in [3.8, 4) is 0 Å². The minimum absolute atomic E-state index is 0.0446. The molecule has 2 aromatic rings. The second kappa shape index (κ2) is 7.59. The topological polar surface area (TPSA) is 70.2 Å². The maximum atomic E-state index is 12.7. The van der Waals surface area contributed by atoms with Gasteiger partial charge in [-0.25, -0.2) is 14.8 Å². The van der Waals surface area contributed by atoms with Gasteiger partial charge < -0.3 is 15.5 Å². The summed E-state index contributed by atoms with van der Waals surface area (Å²) < 4.78 is 38.1. The minimum Gasteiger partial charge on any atom is -0.341 e. The van der Waals surface area contributed by atoms with Gasteiger partial charge in [0, 0.05) is 18.8 Å². The highest BCUT2D eigenvalue weighted by molar-refractivity contribution is 5.99. The van der Waals surface area contributed by atoms with Crippen LogP contribution in [-0.4, -0.2) is 29.1 Å². The van der Waals surface area contributed by atoms with Gasteiger partial charge in [0.05, 0.1) is 23.6 Å². The van der Waals surface area contributed by atoms with Crippen molar-refractivity contribution in [2.24, 2.45) is 0 Å². The molecule has 0 radical (unpaired) electrons. The van der Waals surface area contributed by atoms with E-state index in [4.69, 9.17) is 0 Å².